The molecule has 0 unspecified atom stereocenters. The molecule has 2 aromatic carbocycles. The maximum absolute atomic E-state index is 10.7. The molecule has 0 amide bonds. The zero-order chi connectivity index (χ0) is 10.9. The first-order valence-corrected chi connectivity index (χ1v) is 5.74. The molecule has 0 saturated heterocycles. The van der Waals surface area contributed by atoms with Crippen LogP contribution >= 0.6 is 7.82 Å². The van der Waals surface area contributed by atoms with Crippen LogP contribution in [-0.2, 0) is 4.57 Å². The number of hydrogen-bond acceptors (Lipinski definition) is 2. The summed E-state index contributed by atoms with van der Waals surface area (Å²) in [5.74, 6) is 0.165. The van der Waals surface area contributed by atoms with E-state index in [0.29, 0.717) is 5.39 Å². The Labute approximate surface area is 86.4 Å². The van der Waals surface area contributed by atoms with E-state index in [0.717, 1.165) is 5.39 Å². The zero-order valence-corrected chi connectivity index (χ0v) is 8.52. The molecule has 4 nitrogen and oxygen atoms in total. The lowest BCUT2D eigenvalue weighted by Gasteiger charge is -2.08. The Morgan fingerprint density at radius 1 is 1.20 bits per heavy atom. The van der Waals surface area contributed by atoms with Crippen LogP contribution in [0, 0.1) is 6.07 Å². The minimum Gasteiger partial charge on any atom is -0.404 e. The maximum Gasteiger partial charge on any atom is 0.524 e. The van der Waals surface area contributed by atoms with Gasteiger partial charge in [0.25, 0.3) is 0 Å². The third-order valence-electron chi connectivity index (χ3n) is 1.88. The minimum absolute atomic E-state index is 0.165. The van der Waals surface area contributed by atoms with Crippen LogP contribution < -0.4 is 4.52 Å². The fourth-order valence-electron chi connectivity index (χ4n) is 1.33. The standard InChI is InChI=1S/C10H8O4P/c11-15(12,13)14-10-7-3-5-8-4-1-2-6-9(8)10/h1-4,6-7H,(H2,11,12,13). The molecular formula is C10H8O4P. The summed E-state index contributed by atoms with van der Waals surface area (Å²) in [5.41, 5.74) is 0. The van der Waals surface area contributed by atoms with Crippen molar-refractivity contribution >= 4 is 18.6 Å². The number of benzene rings is 2. The van der Waals surface area contributed by atoms with Gasteiger partial charge in [-0.25, -0.2) is 4.57 Å². The van der Waals surface area contributed by atoms with Crippen molar-refractivity contribution in [3.8, 4) is 5.75 Å². The van der Waals surface area contributed by atoms with E-state index in [1.165, 1.54) is 6.07 Å². The molecule has 5 heteroatoms. The van der Waals surface area contributed by atoms with E-state index in [1.807, 2.05) is 6.07 Å². The predicted octanol–water partition coefficient (Wildman–Crippen LogP) is 2.11. The van der Waals surface area contributed by atoms with Gasteiger partial charge in [-0.05, 0) is 17.5 Å². The zero-order valence-electron chi connectivity index (χ0n) is 7.62. The van der Waals surface area contributed by atoms with E-state index in [4.69, 9.17) is 9.79 Å². The lowest BCUT2D eigenvalue weighted by atomic mass is 10.1. The number of phosphoric ester groups is 1. The summed E-state index contributed by atoms with van der Waals surface area (Å²) in [5, 5.41) is 1.38. The summed E-state index contributed by atoms with van der Waals surface area (Å²) in [6, 6.07) is 13.1. The first-order chi connectivity index (χ1) is 7.06. The molecule has 0 aliphatic heterocycles. The number of rotatable bonds is 2. The fourth-order valence-corrected chi connectivity index (χ4v) is 1.74. The van der Waals surface area contributed by atoms with E-state index < -0.39 is 7.82 Å². The summed E-state index contributed by atoms with van der Waals surface area (Å²) in [6.45, 7) is 0. The van der Waals surface area contributed by atoms with E-state index in [9.17, 15) is 4.57 Å². The summed E-state index contributed by atoms with van der Waals surface area (Å²) >= 11 is 0. The molecule has 0 bridgehead atoms. The third-order valence-corrected chi connectivity index (χ3v) is 2.32. The average molecular weight is 223 g/mol. The van der Waals surface area contributed by atoms with Crippen LogP contribution in [0.5, 0.6) is 5.75 Å². The molecule has 77 valence electrons. The van der Waals surface area contributed by atoms with Crippen molar-refractivity contribution in [3.63, 3.8) is 0 Å². The van der Waals surface area contributed by atoms with Crippen LogP contribution in [0.25, 0.3) is 10.8 Å². The molecule has 15 heavy (non-hydrogen) atoms. The van der Waals surface area contributed by atoms with Gasteiger partial charge in [-0.15, -0.1) is 0 Å². The quantitative estimate of drug-likeness (QED) is 0.765. The van der Waals surface area contributed by atoms with Gasteiger partial charge >= 0.3 is 7.82 Å². The van der Waals surface area contributed by atoms with Crippen LogP contribution in [-0.4, -0.2) is 9.79 Å². The van der Waals surface area contributed by atoms with Crippen molar-refractivity contribution in [2.24, 2.45) is 0 Å². The molecule has 2 aromatic rings. The normalized spacial score (nSPS) is 11.6. The van der Waals surface area contributed by atoms with Crippen molar-refractivity contribution in [2.45, 2.75) is 0 Å². The van der Waals surface area contributed by atoms with E-state index in [2.05, 4.69) is 10.6 Å². The highest BCUT2D eigenvalue weighted by Crippen LogP contribution is 2.40. The Kier molecular flexibility index (Phi) is 2.49. The van der Waals surface area contributed by atoms with Gasteiger partial charge in [0.15, 0.2) is 0 Å². The van der Waals surface area contributed by atoms with Crippen molar-refractivity contribution in [2.75, 3.05) is 0 Å². The molecule has 1 radical (unpaired) electrons. The van der Waals surface area contributed by atoms with Crippen molar-refractivity contribution in [1.82, 2.24) is 0 Å². The average Bonchev–Trinajstić information content (AvgIpc) is 2.16. The van der Waals surface area contributed by atoms with Crippen molar-refractivity contribution in [3.05, 3.63) is 42.5 Å². The van der Waals surface area contributed by atoms with Gasteiger partial charge in [0.2, 0.25) is 0 Å². The summed E-state index contributed by atoms with van der Waals surface area (Å²) < 4.78 is 15.3. The first-order valence-electron chi connectivity index (χ1n) is 4.21. The molecule has 2 rings (SSSR count). The van der Waals surface area contributed by atoms with Gasteiger partial charge in [0, 0.05) is 5.39 Å². The Bertz CT molecular complexity index is 526. The largest absolute Gasteiger partial charge is 0.524 e. The maximum atomic E-state index is 10.7. The minimum atomic E-state index is -4.51. The van der Waals surface area contributed by atoms with Crippen LogP contribution in [0.4, 0.5) is 0 Å². The van der Waals surface area contributed by atoms with Crippen molar-refractivity contribution in [1.29, 1.82) is 0 Å². The smallest absolute Gasteiger partial charge is 0.404 e. The van der Waals surface area contributed by atoms with E-state index in [-0.39, 0.29) is 5.75 Å². The van der Waals surface area contributed by atoms with Gasteiger partial charge in [-0.2, -0.15) is 0 Å². The highest BCUT2D eigenvalue weighted by Gasteiger charge is 2.17. The van der Waals surface area contributed by atoms with E-state index >= 15 is 0 Å². The summed E-state index contributed by atoms with van der Waals surface area (Å²) in [6.07, 6.45) is 0. The Morgan fingerprint density at radius 2 is 1.93 bits per heavy atom. The van der Waals surface area contributed by atoms with Crippen LogP contribution in [0.2, 0.25) is 0 Å². The SMILES string of the molecule is O=P(O)(O)Oc1cc[c]c2ccccc12. The number of hydrogen-bond donors (Lipinski definition) is 2. The molecule has 0 heterocycles. The van der Waals surface area contributed by atoms with Gasteiger partial charge in [-0.3, -0.25) is 9.79 Å². The fraction of sp³-hybridized carbons (Fsp3) is 0. The van der Waals surface area contributed by atoms with Crippen LogP contribution in [0.15, 0.2) is 36.4 Å². The molecular weight excluding hydrogens is 215 g/mol. The second kappa shape index (κ2) is 3.66. The van der Waals surface area contributed by atoms with Gasteiger partial charge in [0.05, 0.1) is 0 Å². The molecule has 2 N–H and O–H groups in total. The Balaban J connectivity index is 2.56. The van der Waals surface area contributed by atoms with E-state index in [1.54, 1.807) is 24.3 Å². The number of fused-ring (bicyclic) bond motifs is 1. The lowest BCUT2D eigenvalue weighted by Crippen LogP contribution is -1.90. The highest BCUT2D eigenvalue weighted by atomic mass is 31.2. The number of phosphoric acid groups is 1. The summed E-state index contributed by atoms with van der Waals surface area (Å²) in [4.78, 5) is 17.4. The van der Waals surface area contributed by atoms with Crippen LogP contribution in [0.1, 0.15) is 0 Å². The molecule has 0 aliphatic rings. The second-order valence-electron chi connectivity index (χ2n) is 2.97. The van der Waals surface area contributed by atoms with Gasteiger partial charge in [-0.1, -0.05) is 30.3 Å². The third kappa shape index (κ3) is 2.36. The Morgan fingerprint density at radius 3 is 2.67 bits per heavy atom. The highest BCUT2D eigenvalue weighted by molar-refractivity contribution is 7.46. The van der Waals surface area contributed by atoms with Gasteiger partial charge in [0.1, 0.15) is 5.75 Å². The molecule has 0 saturated carbocycles. The molecule has 0 aliphatic carbocycles. The van der Waals surface area contributed by atoms with Gasteiger partial charge < -0.3 is 4.52 Å². The molecule has 0 spiro atoms. The predicted molar refractivity (Wildman–Crippen MR) is 55.5 cm³/mol. The topological polar surface area (TPSA) is 66.8 Å². The Hall–Kier alpha value is -1.35. The van der Waals surface area contributed by atoms with Crippen LogP contribution in [0.3, 0.4) is 0 Å². The second-order valence-corrected chi connectivity index (χ2v) is 4.13. The first kappa shape index (κ1) is 10.2. The van der Waals surface area contributed by atoms with Crippen molar-refractivity contribution < 1.29 is 18.9 Å². The molecule has 0 atom stereocenters. The monoisotopic (exact) mass is 223 g/mol. The molecule has 0 fully saturated rings. The summed E-state index contributed by atoms with van der Waals surface area (Å²) in [7, 11) is -4.51. The lowest BCUT2D eigenvalue weighted by molar-refractivity contribution is 0.284. The molecule has 0 aromatic heterocycles.